The number of oxazole rings is 1. The van der Waals surface area contributed by atoms with Crippen LogP contribution in [-0.4, -0.2) is 23.0 Å². The highest BCUT2D eigenvalue weighted by Crippen LogP contribution is 2.25. The highest BCUT2D eigenvalue weighted by Gasteiger charge is 2.16. The molecule has 0 amide bonds. The van der Waals surface area contributed by atoms with E-state index in [4.69, 9.17) is 10.2 Å². The molecule has 4 heteroatoms. The minimum atomic E-state index is 0.718. The highest BCUT2D eigenvalue weighted by atomic mass is 32.2. The lowest BCUT2D eigenvalue weighted by Crippen LogP contribution is -2.13. The van der Waals surface area contributed by atoms with Crippen LogP contribution >= 0.6 is 11.8 Å². The van der Waals surface area contributed by atoms with E-state index in [9.17, 15) is 0 Å². The van der Waals surface area contributed by atoms with E-state index in [-0.39, 0.29) is 0 Å². The Bertz CT molecular complexity index is 308. The number of hydrogen-bond acceptors (Lipinski definition) is 4. The van der Waals surface area contributed by atoms with E-state index in [1.807, 2.05) is 6.20 Å². The lowest BCUT2D eigenvalue weighted by atomic mass is 10.0. The van der Waals surface area contributed by atoms with Crippen molar-refractivity contribution in [1.29, 1.82) is 0 Å². The first-order chi connectivity index (χ1) is 7.88. The van der Waals surface area contributed by atoms with E-state index in [0.717, 1.165) is 43.4 Å². The van der Waals surface area contributed by atoms with Crippen molar-refractivity contribution in [3.8, 4) is 0 Å². The number of nitrogens with zero attached hydrogens (tertiary/aromatic N) is 1. The largest absolute Gasteiger partial charge is 0.446 e. The second-order valence-electron chi connectivity index (χ2n) is 4.40. The zero-order valence-electron chi connectivity index (χ0n) is 9.65. The third-order valence-corrected chi connectivity index (χ3v) is 4.23. The van der Waals surface area contributed by atoms with Crippen molar-refractivity contribution in [2.24, 2.45) is 11.7 Å². The first-order valence-electron chi connectivity index (χ1n) is 6.10. The molecule has 1 fully saturated rings. The van der Waals surface area contributed by atoms with Gasteiger partial charge in [0, 0.05) is 12.8 Å². The standard InChI is InChI=1S/C12H20N2OS/c13-5-1-4-11-8-14-12(15-11)7-10-3-2-6-16-9-10/h8,10H,1-7,9,13H2. The quantitative estimate of drug-likeness (QED) is 0.857. The van der Waals surface area contributed by atoms with Crippen molar-refractivity contribution in [3.63, 3.8) is 0 Å². The Balaban J connectivity index is 1.81. The van der Waals surface area contributed by atoms with Gasteiger partial charge in [0.1, 0.15) is 5.76 Å². The van der Waals surface area contributed by atoms with Crippen molar-refractivity contribution >= 4 is 11.8 Å². The van der Waals surface area contributed by atoms with Crippen LogP contribution in [0.25, 0.3) is 0 Å². The summed E-state index contributed by atoms with van der Waals surface area (Å²) in [4.78, 5) is 4.35. The molecule has 0 saturated carbocycles. The highest BCUT2D eigenvalue weighted by molar-refractivity contribution is 7.99. The fourth-order valence-electron chi connectivity index (χ4n) is 2.05. The van der Waals surface area contributed by atoms with Gasteiger partial charge >= 0.3 is 0 Å². The average molecular weight is 240 g/mol. The van der Waals surface area contributed by atoms with E-state index in [1.54, 1.807) is 0 Å². The normalized spacial score (nSPS) is 21.2. The molecule has 0 bridgehead atoms. The topological polar surface area (TPSA) is 52.0 Å². The summed E-state index contributed by atoms with van der Waals surface area (Å²) in [7, 11) is 0. The van der Waals surface area contributed by atoms with Crippen LogP contribution in [0.2, 0.25) is 0 Å². The van der Waals surface area contributed by atoms with Crippen LogP contribution < -0.4 is 5.73 Å². The Kier molecular flexibility index (Phi) is 4.72. The first kappa shape index (κ1) is 12.0. The molecule has 0 radical (unpaired) electrons. The van der Waals surface area contributed by atoms with Crippen molar-refractivity contribution in [1.82, 2.24) is 4.98 Å². The predicted octanol–water partition coefficient (Wildman–Crippen LogP) is 2.25. The third-order valence-electron chi connectivity index (χ3n) is 2.95. The molecule has 1 saturated heterocycles. The molecule has 2 rings (SSSR count). The number of nitrogens with two attached hydrogens (primary N) is 1. The maximum atomic E-state index is 5.71. The predicted molar refractivity (Wildman–Crippen MR) is 67.6 cm³/mol. The van der Waals surface area contributed by atoms with Crippen LogP contribution in [0.3, 0.4) is 0 Å². The van der Waals surface area contributed by atoms with Crippen molar-refractivity contribution in [2.75, 3.05) is 18.1 Å². The van der Waals surface area contributed by atoms with E-state index < -0.39 is 0 Å². The molecule has 2 heterocycles. The van der Waals surface area contributed by atoms with Gasteiger partial charge in [0.25, 0.3) is 0 Å². The molecular weight excluding hydrogens is 220 g/mol. The lowest BCUT2D eigenvalue weighted by molar-refractivity contribution is 0.404. The summed E-state index contributed by atoms with van der Waals surface area (Å²) >= 11 is 2.06. The SMILES string of the molecule is NCCCc1cnc(CC2CCCSC2)o1. The molecule has 3 nitrogen and oxygen atoms in total. The first-order valence-corrected chi connectivity index (χ1v) is 7.25. The second kappa shape index (κ2) is 6.30. The van der Waals surface area contributed by atoms with Gasteiger partial charge < -0.3 is 10.2 Å². The fourth-order valence-corrected chi connectivity index (χ4v) is 3.20. The molecule has 1 aromatic heterocycles. The Morgan fingerprint density at radius 3 is 3.25 bits per heavy atom. The molecule has 2 N–H and O–H groups in total. The molecule has 1 aromatic rings. The van der Waals surface area contributed by atoms with Crippen LogP contribution in [0.15, 0.2) is 10.6 Å². The van der Waals surface area contributed by atoms with Crippen LogP contribution in [0.4, 0.5) is 0 Å². The Morgan fingerprint density at radius 2 is 2.50 bits per heavy atom. The van der Waals surface area contributed by atoms with E-state index in [2.05, 4.69) is 16.7 Å². The molecule has 0 spiro atoms. The number of thioether (sulfide) groups is 1. The number of rotatable bonds is 5. The van der Waals surface area contributed by atoms with Gasteiger partial charge in [-0.25, -0.2) is 4.98 Å². The van der Waals surface area contributed by atoms with Gasteiger partial charge in [-0.1, -0.05) is 0 Å². The molecule has 1 aliphatic rings. The molecule has 16 heavy (non-hydrogen) atoms. The van der Waals surface area contributed by atoms with Crippen molar-refractivity contribution in [2.45, 2.75) is 32.1 Å². The molecule has 0 aromatic carbocycles. The zero-order chi connectivity index (χ0) is 11.2. The summed E-state index contributed by atoms with van der Waals surface area (Å²) in [6, 6.07) is 0. The van der Waals surface area contributed by atoms with Crippen molar-refractivity contribution < 1.29 is 4.42 Å². The van der Waals surface area contributed by atoms with Crippen molar-refractivity contribution in [3.05, 3.63) is 17.8 Å². The summed E-state index contributed by atoms with van der Waals surface area (Å²) < 4.78 is 5.71. The van der Waals surface area contributed by atoms with Crippen LogP contribution in [-0.2, 0) is 12.8 Å². The van der Waals surface area contributed by atoms with Gasteiger partial charge in [-0.05, 0) is 43.2 Å². The fraction of sp³-hybridized carbons (Fsp3) is 0.750. The minimum absolute atomic E-state index is 0.718. The van der Waals surface area contributed by atoms with Gasteiger partial charge in [-0.3, -0.25) is 0 Å². The molecule has 0 aliphatic carbocycles. The van der Waals surface area contributed by atoms with Crippen LogP contribution in [0.5, 0.6) is 0 Å². The van der Waals surface area contributed by atoms with E-state index >= 15 is 0 Å². The monoisotopic (exact) mass is 240 g/mol. The number of aryl methyl sites for hydroxylation is 1. The van der Waals surface area contributed by atoms with Gasteiger partial charge in [0.15, 0.2) is 5.89 Å². The zero-order valence-corrected chi connectivity index (χ0v) is 10.5. The Hall–Kier alpha value is -0.480. The minimum Gasteiger partial charge on any atom is -0.446 e. The van der Waals surface area contributed by atoms with Gasteiger partial charge in [-0.15, -0.1) is 0 Å². The molecular formula is C12H20N2OS. The van der Waals surface area contributed by atoms with E-state index in [0.29, 0.717) is 0 Å². The number of hydrogen-bond donors (Lipinski definition) is 1. The maximum absolute atomic E-state index is 5.71. The lowest BCUT2D eigenvalue weighted by Gasteiger charge is -2.19. The average Bonchev–Trinajstić information content (AvgIpc) is 2.75. The number of aromatic nitrogens is 1. The van der Waals surface area contributed by atoms with Crippen LogP contribution in [0, 0.1) is 5.92 Å². The van der Waals surface area contributed by atoms with E-state index in [1.165, 1.54) is 24.3 Å². The van der Waals surface area contributed by atoms with Gasteiger partial charge in [-0.2, -0.15) is 11.8 Å². The molecule has 1 atom stereocenters. The summed E-state index contributed by atoms with van der Waals surface area (Å²) in [6.45, 7) is 0.718. The Morgan fingerprint density at radius 1 is 1.56 bits per heavy atom. The van der Waals surface area contributed by atoms with Gasteiger partial charge in [0.05, 0.1) is 6.20 Å². The summed E-state index contributed by atoms with van der Waals surface area (Å²) in [5.74, 6) is 5.26. The third kappa shape index (κ3) is 3.52. The molecule has 1 aliphatic heterocycles. The smallest absolute Gasteiger partial charge is 0.194 e. The second-order valence-corrected chi connectivity index (χ2v) is 5.55. The summed E-state index contributed by atoms with van der Waals surface area (Å²) in [6.07, 6.45) is 7.44. The maximum Gasteiger partial charge on any atom is 0.194 e. The van der Waals surface area contributed by atoms with Crippen LogP contribution in [0.1, 0.15) is 30.9 Å². The van der Waals surface area contributed by atoms with Gasteiger partial charge in [0.2, 0.25) is 0 Å². The molecule has 90 valence electrons. The summed E-state index contributed by atoms with van der Waals surface area (Å²) in [5, 5.41) is 0. The summed E-state index contributed by atoms with van der Waals surface area (Å²) in [5.41, 5.74) is 5.47. The molecule has 1 unspecified atom stereocenters. The Labute approximate surface area is 101 Å².